The number of hydrogen-bond donors (Lipinski definition) is 0. The van der Waals surface area contributed by atoms with Crippen molar-refractivity contribution < 1.29 is 6.85 Å². The van der Waals surface area contributed by atoms with Crippen molar-refractivity contribution >= 4 is 151 Å². The number of pyridine rings is 4. The zero-order chi connectivity index (χ0) is 100. The van der Waals surface area contributed by atoms with Gasteiger partial charge < -0.3 is 0 Å². The summed E-state index contributed by atoms with van der Waals surface area (Å²) in [6.07, 6.45) is 7.63. The zero-order valence-corrected chi connectivity index (χ0v) is 83.7. The van der Waals surface area contributed by atoms with Gasteiger partial charge in [0.2, 0.25) is 0 Å². The van der Waals surface area contributed by atoms with E-state index in [1.165, 1.54) is 175 Å². The van der Waals surface area contributed by atoms with Gasteiger partial charge in [0, 0.05) is 67.9 Å². The van der Waals surface area contributed by atoms with E-state index in [1.807, 2.05) is 61.2 Å². The SMILES string of the molecule is CC(C)(C)c1c2cc(-c3ccc4ccccc4c3)ccc2c(C(C)(C)C)c2c1ccc1cccnc12.CC(C)(C)c1c2cc(-c3cccc4ccccc34)ccc2c(C(C)(C)C)c2c1ccc1cccnc12.CC(C)(C)c1c2cc(-c3ccccc3)ccc2c(C(C)(C)C)c2c1ccc1cccnc12.[2H]c1c([2H])c([2H])c(-c2ccc3c(C(C)(C)C)c4c(ccc5cccnc54)c(C(C)(C)C)c3c2)c([2H])c1[2H]. The molecular weight excluding hydrogens is 1640 g/mol. The van der Waals surface area contributed by atoms with Crippen molar-refractivity contribution in [2.24, 2.45) is 0 Å². The summed E-state index contributed by atoms with van der Waals surface area (Å²) in [7, 11) is 0. The Balaban J connectivity index is 0.000000120. The summed E-state index contributed by atoms with van der Waals surface area (Å²) < 4.78 is 41.4. The van der Waals surface area contributed by atoms with Crippen LogP contribution in [0, 0.1) is 0 Å². The predicted molar refractivity (Wildman–Crippen MR) is 593 cm³/mol. The number of fused-ring (bicyclic) bond motifs is 18. The van der Waals surface area contributed by atoms with Crippen LogP contribution < -0.4 is 0 Å². The Hall–Kier alpha value is -13.8. The normalized spacial score (nSPS) is 13.2. The molecule has 18 aromatic carbocycles. The molecule has 4 aromatic heterocycles. The van der Waals surface area contributed by atoms with E-state index in [2.05, 4.69) is 415 Å². The summed E-state index contributed by atoms with van der Waals surface area (Å²) in [6, 6.07) is 102. The van der Waals surface area contributed by atoms with E-state index < -0.39 is 0 Å². The summed E-state index contributed by atoms with van der Waals surface area (Å²) in [5.41, 5.74) is 22.8. The molecule has 4 heterocycles. The van der Waals surface area contributed by atoms with Crippen LogP contribution in [0.2, 0.25) is 0 Å². The van der Waals surface area contributed by atoms with Crippen LogP contribution in [0.15, 0.2) is 340 Å². The van der Waals surface area contributed by atoms with Crippen LogP contribution in [0.4, 0.5) is 0 Å². The summed E-state index contributed by atoms with van der Waals surface area (Å²) in [5, 5.41) is 30.2. The molecular formula is C132H128N4. The third kappa shape index (κ3) is 16.8. The maximum atomic E-state index is 8.54. The molecule has 136 heavy (non-hydrogen) atoms. The smallest absolute Gasteiger partial charge is 0.0783 e. The lowest BCUT2D eigenvalue weighted by Crippen LogP contribution is -2.18. The van der Waals surface area contributed by atoms with Gasteiger partial charge in [0.1, 0.15) is 0 Å². The first-order valence-corrected chi connectivity index (χ1v) is 48.4. The van der Waals surface area contributed by atoms with Gasteiger partial charge in [0.25, 0.3) is 0 Å². The van der Waals surface area contributed by atoms with E-state index in [1.54, 1.807) is 0 Å². The van der Waals surface area contributed by atoms with Crippen LogP contribution in [-0.2, 0) is 43.3 Å². The predicted octanol–water partition coefficient (Wildman–Crippen LogP) is 37.5. The van der Waals surface area contributed by atoms with Crippen LogP contribution in [0.25, 0.3) is 196 Å². The van der Waals surface area contributed by atoms with E-state index >= 15 is 0 Å². The van der Waals surface area contributed by atoms with Crippen molar-refractivity contribution in [3.8, 4) is 44.5 Å². The fourth-order valence-corrected chi connectivity index (χ4v) is 22.3. The van der Waals surface area contributed by atoms with Gasteiger partial charge in [-0.05, 0) is 273 Å². The minimum atomic E-state index is -0.379. The summed E-state index contributed by atoms with van der Waals surface area (Å²) in [6.45, 7) is 55.2. The molecule has 22 aromatic rings. The van der Waals surface area contributed by atoms with Crippen molar-refractivity contribution in [2.75, 3.05) is 0 Å². The van der Waals surface area contributed by atoms with Gasteiger partial charge in [0.15, 0.2) is 0 Å². The van der Waals surface area contributed by atoms with Crippen molar-refractivity contribution in [2.45, 2.75) is 209 Å². The average molecular weight is 1780 g/mol. The highest BCUT2D eigenvalue weighted by Crippen LogP contribution is 2.53. The van der Waals surface area contributed by atoms with Gasteiger partial charge in [-0.25, -0.2) is 0 Å². The fourth-order valence-electron chi connectivity index (χ4n) is 22.3. The summed E-state index contributed by atoms with van der Waals surface area (Å²) in [5.74, 6) is 0. The number of nitrogens with zero attached hydrogens (tertiary/aromatic N) is 4. The van der Waals surface area contributed by atoms with Crippen LogP contribution in [0.5, 0.6) is 0 Å². The molecule has 22 rings (SSSR count). The molecule has 676 valence electrons. The van der Waals surface area contributed by atoms with Gasteiger partial charge in [-0.2, -0.15) is 0 Å². The molecule has 0 radical (unpaired) electrons. The molecule has 0 bridgehead atoms. The summed E-state index contributed by atoms with van der Waals surface area (Å²) >= 11 is 0. The van der Waals surface area contributed by atoms with E-state index in [0.717, 1.165) is 54.6 Å². The molecule has 0 amide bonds. The highest BCUT2D eigenvalue weighted by Gasteiger charge is 2.35. The van der Waals surface area contributed by atoms with E-state index in [0.29, 0.717) is 5.56 Å². The molecule has 0 aliphatic rings. The maximum Gasteiger partial charge on any atom is 0.0783 e. The molecule has 0 saturated carbocycles. The van der Waals surface area contributed by atoms with Crippen LogP contribution in [-0.4, -0.2) is 19.9 Å². The molecule has 4 nitrogen and oxygen atoms in total. The molecule has 0 N–H and O–H groups in total. The number of hydrogen-bond acceptors (Lipinski definition) is 4. The Bertz CT molecular complexity index is 8810. The number of aromatic nitrogens is 4. The van der Waals surface area contributed by atoms with E-state index in [9.17, 15) is 0 Å². The van der Waals surface area contributed by atoms with Crippen molar-refractivity contribution in [1.82, 2.24) is 19.9 Å². The van der Waals surface area contributed by atoms with E-state index in [-0.39, 0.29) is 79.1 Å². The van der Waals surface area contributed by atoms with Gasteiger partial charge in [-0.1, -0.05) is 427 Å². The molecule has 0 aliphatic carbocycles. The average Bonchev–Trinajstić information content (AvgIpc) is 0.723. The Morgan fingerprint density at radius 1 is 0.169 bits per heavy atom. The van der Waals surface area contributed by atoms with Gasteiger partial charge in [-0.15, -0.1) is 0 Å². The molecule has 4 heteroatoms. The fraction of sp³-hybridized carbons (Fsp3) is 0.242. The first kappa shape index (κ1) is 85.1. The molecule has 0 unspecified atom stereocenters. The third-order valence-electron chi connectivity index (χ3n) is 27.5. The standard InChI is InChI=1S/2C35H33N.2C31H31N/c1-34(2,3)31-28-19-16-23-13-10-20-36-33(23)30(28)32(35(4,5)6)27-18-17-24(21-29(27)31)26-15-9-12-22-11-7-8-14-25(22)26;1-34(2,3)31-28-18-15-23-12-9-19-36-33(23)30(28)32(35(4,5)6)27-17-16-26(21-29(27)31)25-14-13-22-10-7-8-11-24(22)20-25;2*1-30(2,3)27-24-17-14-21-13-10-18-32-29(21)26(24)28(31(4,5)6)23-16-15-22(19-25(23)27)20-11-8-7-9-12-20/h2*7-21H,1-6H3;2*7-19H,1-6H3/i;;7D,8D,9D,11D,12D;. The highest BCUT2D eigenvalue weighted by atomic mass is 14.7. The van der Waals surface area contributed by atoms with Gasteiger partial charge in [-0.3, -0.25) is 19.9 Å². The zero-order valence-electron chi connectivity index (χ0n) is 88.7. The minimum absolute atomic E-state index is 0.00924. The van der Waals surface area contributed by atoms with Crippen LogP contribution in [0.3, 0.4) is 0 Å². The Kier molecular flexibility index (Phi) is 21.4. The first-order chi connectivity index (χ1) is 66.7. The van der Waals surface area contributed by atoms with E-state index in [4.69, 9.17) is 26.8 Å². The number of benzene rings is 18. The first-order valence-electron chi connectivity index (χ1n) is 50.9. The van der Waals surface area contributed by atoms with Gasteiger partial charge >= 0.3 is 0 Å². The van der Waals surface area contributed by atoms with Crippen molar-refractivity contribution in [3.05, 3.63) is 385 Å². The Morgan fingerprint density at radius 2 is 0.434 bits per heavy atom. The lowest BCUT2D eigenvalue weighted by atomic mass is 9.73. The second kappa shape index (κ2) is 34.2. The third-order valence-corrected chi connectivity index (χ3v) is 27.5. The van der Waals surface area contributed by atoms with Crippen LogP contribution in [0.1, 0.15) is 218 Å². The summed E-state index contributed by atoms with van der Waals surface area (Å²) in [4.78, 5) is 19.5. The molecule has 0 aliphatic heterocycles. The lowest BCUT2D eigenvalue weighted by molar-refractivity contribution is 0.593. The molecule has 0 saturated heterocycles. The van der Waals surface area contributed by atoms with Crippen molar-refractivity contribution in [3.63, 3.8) is 0 Å². The molecule has 0 spiro atoms. The maximum absolute atomic E-state index is 8.54. The molecule has 0 fully saturated rings. The monoisotopic (exact) mass is 1770 g/mol. The number of rotatable bonds is 4. The van der Waals surface area contributed by atoms with Gasteiger partial charge in [0.05, 0.1) is 28.9 Å². The largest absolute Gasteiger partial charge is 0.256 e. The Morgan fingerprint density at radius 3 is 0.794 bits per heavy atom. The Labute approximate surface area is 811 Å². The highest BCUT2D eigenvalue weighted by molar-refractivity contribution is 6.22. The second-order valence-electron chi connectivity index (χ2n) is 45.7. The quantitative estimate of drug-likeness (QED) is 0.130. The molecule has 0 atom stereocenters. The second-order valence-corrected chi connectivity index (χ2v) is 45.7. The minimum Gasteiger partial charge on any atom is -0.256 e. The topological polar surface area (TPSA) is 51.6 Å². The van der Waals surface area contributed by atoms with Crippen LogP contribution >= 0.6 is 0 Å². The van der Waals surface area contributed by atoms with Crippen molar-refractivity contribution in [1.29, 1.82) is 0 Å². The lowest BCUT2D eigenvalue weighted by Gasteiger charge is -2.31.